The number of amides is 1. The van der Waals surface area contributed by atoms with E-state index in [1.165, 1.54) is 9.36 Å². The highest BCUT2D eigenvalue weighted by atomic mass is 16.2. The Labute approximate surface area is 125 Å². The van der Waals surface area contributed by atoms with Crippen molar-refractivity contribution in [2.75, 3.05) is 6.54 Å². The molecule has 3 rings (SSSR count). The SMILES string of the molecule is Cn1nccc1C(=O)NCCn1nnc2ccccc2c1=O. The van der Waals surface area contributed by atoms with Crippen LogP contribution < -0.4 is 10.9 Å². The van der Waals surface area contributed by atoms with Crippen molar-refractivity contribution in [3.63, 3.8) is 0 Å². The van der Waals surface area contributed by atoms with Crippen LogP contribution >= 0.6 is 0 Å². The maximum Gasteiger partial charge on any atom is 0.277 e. The second-order valence-corrected chi connectivity index (χ2v) is 4.73. The Balaban J connectivity index is 1.70. The van der Waals surface area contributed by atoms with Crippen molar-refractivity contribution in [1.29, 1.82) is 0 Å². The summed E-state index contributed by atoms with van der Waals surface area (Å²) in [5.74, 6) is -0.248. The minimum absolute atomic E-state index is 0.222. The molecule has 1 aromatic carbocycles. The van der Waals surface area contributed by atoms with Crippen molar-refractivity contribution in [2.24, 2.45) is 7.05 Å². The van der Waals surface area contributed by atoms with E-state index < -0.39 is 0 Å². The topological polar surface area (TPSA) is 94.7 Å². The fourth-order valence-electron chi connectivity index (χ4n) is 2.13. The minimum Gasteiger partial charge on any atom is -0.349 e. The molecule has 2 aromatic heterocycles. The molecule has 0 atom stereocenters. The zero-order chi connectivity index (χ0) is 15.5. The van der Waals surface area contributed by atoms with Gasteiger partial charge in [-0.3, -0.25) is 14.3 Å². The highest BCUT2D eigenvalue weighted by molar-refractivity contribution is 5.92. The lowest BCUT2D eigenvalue weighted by atomic mass is 10.2. The first-order valence-electron chi connectivity index (χ1n) is 6.75. The predicted molar refractivity (Wildman–Crippen MR) is 79.3 cm³/mol. The molecule has 112 valence electrons. The van der Waals surface area contributed by atoms with Crippen molar-refractivity contribution in [1.82, 2.24) is 30.1 Å². The summed E-state index contributed by atoms with van der Waals surface area (Å²) >= 11 is 0. The molecule has 0 spiro atoms. The minimum atomic E-state index is -0.248. The maximum absolute atomic E-state index is 12.2. The average molecular weight is 298 g/mol. The summed E-state index contributed by atoms with van der Waals surface area (Å²) in [6, 6.07) is 8.64. The lowest BCUT2D eigenvalue weighted by Gasteiger charge is -2.07. The van der Waals surface area contributed by atoms with Gasteiger partial charge in [-0.2, -0.15) is 5.10 Å². The summed E-state index contributed by atoms with van der Waals surface area (Å²) in [6.07, 6.45) is 1.55. The van der Waals surface area contributed by atoms with Gasteiger partial charge in [0.2, 0.25) is 0 Å². The number of carbonyl (C=O) groups is 1. The number of rotatable bonds is 4. The molecule has 0 bridgehead atoms. The lowest BCUT2D eigenvalue weighted by Crippen LogP contribution is -2.33. The quantitative estimate of drug-likeness (QED) is 0.729. The molecule has 0 saturated heterocycles. The third-order valence-corrected chi connectivity index (χ3v) is 3.29. The number of carbonyl (C=O) groups excluding carboxylic acids is 1. The second kappa shape index (κ2) is 5.76. The summed E-state index contributed by atoms with van der Waals surface area (Å²) < 4.78 is 2.73. The fraction of sp³-hybridized carbons (Fsp3) is 0.214. The van der Waals surface area contributed by atoms with Crippen LogP contribution in [0.5, 0.6) is 0 Å². The molecule has 0 unspecified atom stereocenters. The van der Waals surface area contributed by atoms with Gasteiger partial charge in [-0.25, -0.2) is 4.68 Å². The van der Waals surface area contributed by atoms with E-state index in [2.05, 4.69) is 20.7 Å². The molecular weight excluding hydrogens is 284 g/mol. The third kappa shape index (κ3) is 2.58. The van der Waals surface area contributed by atoms with Crippen LogP contribution in [-0.4, -0.2) is 37.2 Å². The van der Waals surface area contributed by atoms with Crippen molar-refractivity contribution in [3.8, 4) is 0 Å². The molecule has 1 amide bonds. The Morgan fingerprint density at radius 3 is 2.86 bits per heavy atom. The first-order chi connectivity index (χ1) is 10.7. The predicted octanol–water partition coefficient (Wildman–Crippen LogP) is -0.0450. The van der Waals surface area contributed by atoms with Gasteiger partial charge in [0.05, 0.1) is 11.9 Å². The number of nitrogens with zero attached hydrogens (tertiary/aromatic N) is 5. The van der Waals surface area contributed by atoms with Crippen LogP contribution in [0.3, 0.4) is 0 Å². The highest BCUT2D eigenvalue weighted by Gasteiger charge is 2.09. The van der Waals surface area contributed by atoms with Gasteiger partial charge in [-0.05, 0) is 18.2 Å². The van der Waals surface area contributed by atoms with Gasteiger partial charge < -0.3 is 5.32 Å². The Kier molecular flexibility index (Phi) is 3.65. The Hall–Kier alpha value is -3.03. The fourth-order valence-corrected chi connectivity index (χ4v) is 2.13. The number of fused-ring (bicyclic) bond motifs is 1. The maximum atomic E-state index is 12.2. The van der Waals surface area contributed by atoms with Crippen molar-refractivity contribution in [2.45, 2.75) is 6.54 Å². The van der Waals surface area contributed by atoms with Crippen LogP contribution in [0.1, 0.15) is 10.5 Å². The summed E-state index contributed by atoms with van der Waals surface area (Å²) in [5.41, 5.74) is 0.792. The van der Waals surface area contributed by atoms with Gasteiger partial charge in [0.15, 0.2) is 0 Å². The van der Waals surface area contributed by atoms with E-state index in [4.69, 9.17) is 0 Å². The molecule has 8 heteroatoms. The molecule has 0 fully saturated rings. The van der Waals surface area contributed by atoms with Crippen LogP contribution in [0.4, 0.5) is 0 Å². The largest absolute Gasteiger partial charge is 0.349 e. The normalized spacial score (nSPS) is 10.8. The number of benzene rings is 1. The number of nitrogens with one attached hydrogen (secondary N) is 1. The molecule has 0 saturated carbocycles. The van der Waals surface area contributed by atoms with Gasteiger partial charge in [0.25, 0.3) is 11.5 Å². The molecule has 0 radical (unpaired) electrons. The molecule has 0 aliphatic carbocycles. The van der Waals surface area contributed by atoms with Crippen LogP contribution in [0.2, 0.25) is 0 Å². The van der Waals surface area contributed by atoms with Crippen LogP contribution in [-0.2, 0) is 13.6 Å². The number of hydrogen-bond donors (Lipinski definition) is 1. The van der Waals surface area contributed by atoms with E-state index in [0.29, 0.717) is 16.6 Å². The molecule has 0 aliphatic rings. The van der Waals surface area contributed by atoms with Crippen LogP contribution in [0, 0.1) is 0 Å². The standard InChI is InChI=1S/C14H14N6O2/c1-19-12(6-7-16-19)13(21)15-8-9-20-14(22)10-4-2-3-5-11(10)17-18-20/h2-7H,8-9H2,1H3,(H,15,21). The van der Waals surface area contributed by atoms with Crippen molar-refractivity contribution >= 4 is 16.8 Å². The summed E-state index contributed by atoms with van der Waals surface area (Å²) in [5, 5.41) is 15.0. The third-order valence-electron chi connectivity index (χ3n) is 3.29. The average Bonchev–Trinajstić information content (AvgIpc) is 2.96. The first kappa shape index (κ1) is 13.9. The lowest BCUT2D eigenvalue weighted by molar-refractivity contribution is 0.0942. The monoisotopic (exact) mass is 298 g/mol. The molecule has 22 heavy (non-hydrogen) atoms. The molecule has 0 aliphatic heterocycles. The smallest absolute Gasteiger partial charge is 0.277 e. The van der Waals surface area contributed by atoms with Crippen LogP contribution in [0.25, 0.3) is 10.9 Å². The number of hydrogen-bond acceptors (Lipinski definition) is 5. The zero-order valence-electron chi connectivity index (χ0n) is 11.9. The molecule has 3 aromatic rings. The van der Waals surface area contributed by atoms with E-state index in [1.54, 1.807) is 43.6 Å². The van der Waals surface area contributed by atoms with Gasteiger partial charge in [0.1, 0.15) is 11.2 Å². The Morgan fingerprint density at radius 2 is 2.09 bits per heavy atom. The van der Waals surface area contributed by atoms with Gasteiger partial charge in [-0.15, -0.1) is 5.10 Å². The second-order valence-electron chi connectivity index (χ2n) is 4.73. The van der Waals surface area contributed by atoms with Crippen LogP contribution in [0.15, 0.2) is 41.3 Å². The molecule has 1 N–H and O–H groups in total. The van der Waals surface area contributed by atoms with E-state index in [1.807, 2.05) is 0 Å². The molecule has 2 heterocycles. The van der Waals surface area contributed by atoms with Gasteiger partial charge in [-0.1, -0.05) is 17.3 Å². The van der Waals surface area contributed by atoms with Crippen molar-refractivity contribution in [3.05, 3.63) is 52.6 Å². The van der Waals surface area contributed by atoms with E-state index in [0.717, 1.165) is 0 Å². The Morgan fingerprint density at radius 1 is 1.27 bits per heavy atom. The van der Waals surface area contributed by atoms with E-state index in [9.17, 15) is 9.59 Å². The summed E-state index contributed by atoms with van der Waals surface area (Å²) in [6.45, 7) is 0.525. The highest BCUT2D eigenvalue weighted by Crippen LogP contribution is 2.03. The summed E-state index contributed by atoms with van der Waals surface area (Å²) in [7, 11) is 1.69. The van der Waals surface area contributed by atoms with Gasteiger partial charge >= 0.3 is 0 Å². The zero-order valence-corrected chi connectivity index (χ0v) is 11.9. The molecular formula is C14H14N6O2. The number of aromatic nitrogens is 5. The molecule has 8 nitrogen and oxygen atoms in total. The number of aryl methyl sites for hydroxylation is 1. The van der Waals surface area contributed by atoms with Gasteiger partial charge in [0, 0.05) is 19.8 Å². The van der Waals surface area contributed by atoms with E-state index in [-0.39, 0.29) is 24.6 Å². The Bertz CT molecular complexity index is 882. The van der Waals surface area contributed by atoms with Crippen molar-refractivity contribution < 1.29 is 4.79 Å². The van der Waals surface area contributed by atoms with E-state index >= 15 is 0 Å². The summed E-state index contributed by atoms with van der Waals surface area (Å²) in [4.78, 5) is 24.1. The first-order valence-corrected chi connectivity index (χ1v) is 6.75.